The van der Waals surface area contributed by atoms with E-state index in [4.69, 9.17) is 4.74 Å². The number of aliphatic hydroxyl groups excluding tert-OH is 1. The molecule has 1 fully saturated rings. The fourth-order valence-corrected chi connectivity index (χ4v) is 2.39. The average Bonchev–Trinajstić information content (AvgIpc) is 2.49. The molecule has 116 valence electrons. The summed E-state index contributed by atoms with van der Waals surface area (Å²) in [6.07, 6.45) is 0.610. The zero-order valence-electron chi connectivity index (χ0n) is 12.5. The molecule has 5 heteroatoms. The van der Waals surface area contributed by atoms with Crippen LogP contribution < -0.4 is 10.1 Å². The number of hydrogen-bond acceptors (Lipinski definition) is 4. The maximum absolute atomic E-state index is 11.8. The summed E-state index contributed by atoms with van der Waals surface area (Å²) in [5.74, 6) is 1.11. The number of carbonyl (C=O) groups excluding carboxylic acids is 1. The molecule has 1 aliphatic heterocycles. The number of nitrogens with one attached hydrogen (secondary N) is 1. The van der Waals surface area contributed by atoms with Crippen LogP contribution in [0, 0.1) is 5.92 Å². The number of benzene rings is 1. The number of nitrogens with zero attached hydrogens (tertiary/aromatic N) is 1. The van der Waals surface area contributed by atoms with Crippen molar-refractivity contribution >= 4 is 5.91 Å². The molecule has 0 radical (unpaired) electrons. The van der Waals surface area contributed by atoms with Gasteiger partial charge in [-0.3, -0.25) is 9.69 Å². The van der Waals surface area contributed by atoms with E-state index in [0.717, 1.165) is 18.7 Å². The zero-order valence-corrected chi connectivity index (χ0v) is 12.5. The van der Waals surface area contributed by atoms with Crippen molar-refractivity contribution in [3.63, 3.8) is 0 Å². The fourth-order valence-electron chi connectivity index (χ4n) is 2.39. The van der Waals surface area contributed by atoms with Gasteiger partial charge in [0.25, 0.3) is 0 Å². The first-order valence-electron chi connectivity index (χ1n) is 7.50. The maximum Gasteiger partial charge on any atom is 0.234 e. The Hall–Kier alpha value is -1.59. The SMILES string of the molecule is CC1CCN(CC(=O)NCCOc2ccccc2)CC1O. The van der Waals surface area contributed by atoms with Crippen LogP contribution in [0.1, 0.15) is 13.3 Å². The van der Waals surface area contributed by atoms with Gasteiger partial charge >= 0.3 is 0 Å². The third kappa shape index (κ3) is 5.36. The second kappa shape index (κ2) is 8.00. The van der Waals surface area contributed by atoms with Crippen molar-refractivity contribution in [3.05, 3.63) is 30.3 Å². The number of β-amino-alcohol motifs (C(OH)–C–C–N with tert-alkyl or cyclic N) is 1. The molecule has 2 atom stereocenters. The van der Waals surface area contributed by atoms with Gasteiger partial charge in [0.2, 0.25) is 5.91 Å². The van der Waals surface area contributed by atoms with Crippen LogP contribution in [0.25, 0.3) is 0 Å². The minimum absolute atomic E-state index is 0.0200. The Morgan fingerprint density at radius 2 is 2.19 bits per heavy atom. The largest absolute Gasteiger partial charge is 0.492 e. The first-order chi connectivity index (χ1) is 10.1. The van der Waals surface area contributed by atoms with E-state index in [1.807, 2.05) is 42.2 Å². The molecular formula is C16H24N2O3. The van der Waals surface area contributed by atoms with Gasteiger partial charge in [-0.25, -0.2) is 0 Å². The van der Waals surface area contributed by atoms with Crippen molar-refractivity contribution < 1.29 is 14.6 Å². The second-order valence-electron chi connectivity index (χ2n) is 5.58. The summed E-state index contributed by atoms with van der Waals surface area (Å²) in [6.45, 7) is 4.77. The Bertz CT molecular complexity index is 438. The monoisotopic (exact) mass is 292 g/mol. The van der Waals surface area contributed by atoms with Crippen molar-refractivity contribution in [1.29, 1.82) is 0 Å². The summed E-state index contributed by atoms with van der Waals surface area (Å²) in [5.41, 5.74) is 0. The molecule has 1 saturated heterocycles. The molecule has 1 aromatic carbocycles. The highest BCUT2D eigenvalue weighted by molar-refractivity contribution is 5.78. The number of hydrogen-bond donors (Lipinski definition) is 2. The van der Waals surface area contributed by atoms with Gasteiger partial charge in [0, 0.05) is 6.54 Å². The molecule has 2 rings (SSSR count). The summed E-state index contributed by atoms with van der Waals surface area (Å²) < 4.78 is 5.51. The van der Waals surface area contributed by atoms with Gasteiger partial charge in [0.05, 0.1) is 19.2 Å². The summed E-state index contributed by atoms with van der Waals surface area (Å²) in [6, 6.07) is 9.53. The molecule has 1 amide bonds. The van der Waals surface area contributed by atoms with Crippen LogP contribution in [-0.2, 0) is 4.79 Å². The number of likely N-dealkylation sites (tertiary alicyclic amines) is 1. The van der Waals surface area contributed by atoms with Crippen molar-refractivity contribution in [2.24, 2.45) is 5.92 Å². The molecular weight excluding hydrogens is 268 g/mol. The van der Waals surface area contributed by atoms with Crippen LogP contribution in [0.4, 0.5) is 0 Å². The predicted octanol–water partition coefficient (Wildman–Crippen LogP) is 0.884. The number of rotatable bonds is 6. The van der Waals surface area contributed by atoms with Crippen LogP contribution in [0.2, 0.25) is 0 Å². The number of amides is 1. The van der Waals surface area contributed by atoms with Crippen LogP contribution in [0.5, 0.6) is 5.75 Å². The fraction of sp³-hybridized carbons (Fsp3) is 0.562. The third-order valence-corrected chi connectivity index (χ3v) is 3.81. The third-order valence-electron chi connectivity index (χ3n) is 3.81. The highest BCUT2D eigenvalue weighted by Gasteiger charge is 2.25. The lowest BCUT2D eigenvalue weighted by atomic mass is 9.96. The second-order valence-corrected chi connectivity index (χ2v) is 5.58. The van der Waals surface area contributed by atoms with Crippen molar-refractivity contribution in [1.82, 2.24) is 10.2 Å². The molecule has 2 N–H and O–H groups in total. The predicted molar refractivity (Wildman–Crippen MR) is 81.2 cm³/mol. The van der Waals surface area contributed by atoms with Gasteiger partial charge < -0.3 is 15.2 Å². The van der Waals surface area contributed by atoms with Crippen LogP contribution >= 0.6 is 0 Å². The molecule has 0 bridgehead atoms. The topological polar surface area (TPSA) is 61.8 Å². The van der Waals surface area contributed by atoms with Gasteiger partial charge in [-0.15, -0.1) is 0 Å². The highest BCUT2D eigenvalue weighted by Crippen LogP contribution is 2.16. The van der Waals surface area contributed by atoms with Gasteiger partial charge in [-0.2, -0.15) is 0 Å². The Balaban J connectivity index is 1.59. The summed E-state index contributed by atoms with van der Waals surface area (Å²) >= 11 is 0. The molecule has 2 unspecified atom stereocenters. The van der Waals surface area contributed by atoms with E-state index in [0.29, 0.717) is 32.2 Å². The van der Waals surface area contributed by atoms with E-state index >= 15 is 0 Å². The van der Waals surface area contributed by atoms with E-state index in [2.05, 4.69) is 5.32 Å². The lowest BCUT2D eigenvalue weighted by Crippen LogP contribution is -2.47. The Labute approximate surface area is 125 Å². The molecule has 0 spiro atoms. The maximum atomic E-state index is 11.8. The lowest BCUT2D eigenvalue weighted by molar-refractivity contribution is -0.123. The number of ether oxygens (including phenoxy) is 1. The van der Waals surface area contributed by atoms with Crippen LogP contribution in [-0.4, -0.2) is 54.8 Å². The number of piperidine rings is 1. The Kier molecular flexibility index (Phi) is 6.02. The molecule has 1 aromatic rings. The number of para-hydroxylation sites is 1. The number of aliphatic hydroxyl groups is 1. The normalized spacial score (nSPS) is 22.8. The molecule has 0 aromatic heterocycles. The van der Waals surface area contributed by atoms with E-state index in [9.17, 15) is 9.90 Å². The standard InChI is InChI=1S/C16H24N2O3/c1-13-7-9-18(11-15(13)19)12-16(20)17-8-10-21-14-5-3-2-4-6-14/h2-6,13,15,19H,7-12H2,1H3,(H,17,20). The number of carbonyl (C=O) groups is 1. The summed E-state index contributed by atoms with van der Waals surface area (Å²) in [7, 11) is 0. The zero-order chi connectivity index (χ0) is 15.1. The average molecular weight is 292 g/mol. The Morgan fingerprint density at radius 1 is 1.43 bits per heavy atom. The summed E-state index contributed by atoms with van der Waals surface area (Å²) in [4.78, 5) is 13.8. The molecule has 1 heterocycles. The molecule has 0 saturated carbocycles. The molecule has 5 nitrogen and oxygen atoms in total. The van der Waals surface area contributed by atoms with Crippen molar-refractivity contribution in [3.8, 4) is 5.75 Å². The molecule has 1 aliphatic rings. The summed E-state index contributed by atoms with van der Waals surface area (Å²) in [5, 5.41) is 12.6. The van der Waals surface area contributed by atoms with Gasteiger partial charge in [0.1, 0.15) is 12.4 Å². The van der Waals surface area contributed by atoms with E-state index in [1.165, 1.54) is 0 Å². The highest BCUT2D eigenvalue weighted by atomic mass is 16.5. The van der Waals surface area contributed by atoms with E-state index in [-0.39, 0.29) is 12.0 Å². The quantitative estimate of drug-likeness (QED) is 0.764. The van der Waals surface area contributed by atoms with Crippen molar-refractivity contribution in [2.45, 2.75) is 19.4 Å². The molecule has 0 aliphatic carbocycles. The Morgan fingerprint density at radius 3 is 2.90 bits per heavy atom. The first-order valence-corrected chi connectivity index (χ1v) is 7.50. The lowest BCUT2D eigenvalue weighted by Gasteiger charge is -2.33. The minimum Gasteiger partial charge on any atom is -0.492 e. The first kappa shape index (κ1) is 15.8. The minimum atomic E-state index is -0.326. The van der Waals surface area contributed by atoms with Crippen LogP contribution in [0.3, 0.4) is 0 Å². The van der Waals surface area contributed by atoms with Gasteiger partial charge in [-0.05, 0) is 31.0 Å². The van der Waals surface area contributed by atoms with E-state index in [1.54, 1.807) is 0 Å². The van der Waals surface area contributed by atoms with E-state index < -0.39 is 0 Å². The van der Waals surface area contributed by atoms with Gasteiger partial charge in [-0.1, -0.05) is 25.1 Å². The van der Waals surface area contributed by atoms with Gasteiger partial charge in [0.15, 0.2) is 0 Å². The van der Waals surface area contributed by atoms with Crippen LogP contribution in [0.15, 0.2) is 30.3 Å². The van der Waals surface area contributed by atoms with Crippen molar-refractivity contribution in [2.75, 3.05) is 32.8 Å². The smallest absolute Gasteiger partial charge is 0.234 e. The molecule has 21 heavy (non-hydrogen) atoms.